The largest absolute Gasteiger partial charge is 0.492 e. The second kappa shape index (κ2) is 11.3. The van der Waals surface area contributed by atoms with Crippen LogP contribution in [0.25, 0.3) is 0 Å². The number of ether oxygens (including phenoxy) is 1. The molecule has 1 aliphatic rings. The van der Waals surface area contributed by atoms with Gasteiger partial charge in [-0.3, -0.25) is 4.79 Å². The Bertz CT molecular complexity index is 1010. The summed E-state index contributed by atoms with van der Waals surface area (Å²) in [6, 6.07) is 11.6. The van der Waals surface area contributed by atoms with Crippen LogP contribution in [0.3, 0.4) is 0 Å². The molecule has 1 amide bonds. The highest BCUT2D eigenvalue weighted by Gasteiger charge is 2.25. The van der Waals surface area contributed by atoms with Crippen molar-refractivity contribution >= 4 is 37.5 Å². The van der Waals surface area contributed by atoms with Gasteiger partial charge in [0.05, 0.1) is 16.0 Å². The molecule has 0 unspecified atom stereocenters. The zero-order valence-corrected chi connectivity index (χ0v) is 21.0. The number of hydrogen-bond acceptors (Lipinski definition) is 4. The molecule has 2 aromatic rings. The van der Waals surface area contributed by atoms with E-state index in [1.807, 2.05) is 0 Å². The van der Waals surface area contributed by atoms with Crippen LogP contribution in [0.1, 0.15) is 56.3 Å². The Morgan fingerprint density at radius 1 is 1.06 bits per heavy atom. The zero-order valence-electron chi connectivity index (χ0n) is 18.6. The van der Waals surface area contributed by atoms with Crippen molar-refractivity contribution in [2.45, 2.75) is 50.8 Å². The quantitative estimate of drug-likeness (QED) is 0.482. The number of rotatable bonds is 8. The molecule has 1 aliphatic heterocycles. The highest BCUT2D eigenvalue weighted by molar-refractivity contribution is 9.10. The van der Waals surface area contributed by atoms with Gasteiger partial charge in [-0.25, -0.2) is 8.42 Å². The molecule has 1 heterocycles. The van der Waals surface area contributed by atoms with Gasteiger partial charge in [-0.15, -0.1) is 0 Å². The van der Waals surface area contributed by atoms with Crippen molar-refractivity contribution in [2.75, 3.05) is 25.0 Å². The van der Waals surface area contributed by atoms with Crippen molar-refractivity contribution in [2.24, 2.45) is 5.92 Å². The number of nitrogens with zero attached hydrogens (tertiary/aromatic N) is 1. The van der Waals surface area contributed by atoms with Crippen LogP contribution in [0, 0.1) is 5.92 Å². The van der Waals surface area contributed by atoms with E-state index in [-0.39, 0.29) is 10.8 Å². The first-order valence-corrected chi connectivity index (χ1v) is 13.3. The molecule has 0 atom stereocenters. The number of carbonyl (C=O) groups is 1. The smallest absolute Gasteiger partial charge is 0.255 e. The normalized spacial score (nSPS) is 15.4. The highest BCUT2D eigenvalue weighted by Crippen LogP contribution is 2.27. The molecular weight excluding hydrogens is 492 g/mol. The van der Waals surface area contributed by atoms with Crippen molar-refractivity contribution in [3.05, 3.63) is 52.5 Å². The molecule has 1 N–H and O–H groups in total. The average molecular weight is 523 g/mol. The molecule has 0 spiro atoms. The first-order valence-electron chi connectivity index (χ1n) is 11.1. The van der Waals surface area contributed by atoms with Crippen LogP contribution in [0.15, 0.2) is 51.8 Å². The summed E-state index contributed by atoms with van der Waals surface area (Å²) in [5.41, 5.74) is 1.02. The van der Waals surface area contributed by atoms with E-state index in [0.29, 0.717) is 47.1 Å². The summed E-state index contributed by atoms with van der Waals surface area (Å²) in [7, 11) is -3.51. The second-order valence-electron chi connectivity index (χ2n) is 8.47. The number of benzene rings is 2. The lowest BCUT2D eigenvalue weighted by atomic mass is 10.1. The first kappa shape index (κ1) is 24.7. The maximum absolute atomic E-state index is 12.9. The van der Waals surface area contributed by atoms with Gasteiger partial charge in [0.25, 0.3) is 5.91 Å². The monoisotopic (exact) mass is 522 g/mol. The van der Waals surface area contributed by atoms with Crippen LogP contribution in [-0.2, 0) is 10.0 Å². The molecule has 0 radical (unpaired) electrons. The third-order valence-electron chi connectivity index (χ3n) is 5.46. The standard InChI is InChI=1S/C24H31BrN2O4S/c1-18(2)13-16-31-23-12-7-19(17-22(23)25)24(28)26-20-8-10-21(11-9-20)32(29,30)27-14-5-3-4-6-15-27/h7-12,17-18H,3-6,13-16H2,1-2H3,(H,26,28). The van der Waals surface area contributed by atoms with Crippen LogP contribution in [0.4, 0.5) is 5.69 Å². The topological polar surface area (TPSA) is 75.7 Å². The van der Waals surface area contributed by atoms with Gasteiger partial charge in [0.2, 0.25) is 10.0 Å². The second-order valence-corrected chi connectivity index (χ2v) is 11.3. The number of sulfonamides is 1. The van der Waals surface area contributed by atoms with E-state index in [1.54, 1.807) is 46.8 Å². The molecule has 1 fully saturated rings. The molecule has 0 aromatic heterocycles. The molecule has 0 bridgehead atoms. The van der Waals surface area contributed by atoms with E-state index >= 15 is 0 Å². The maximum atomic E-state index is 12.9. The fourth-order valence-electron chi connectivity index (χ4n) is 3.51. The van der Waals surface area contributed by atoms with Gasteiger partial charge < -0.3 is 10.1 Å². The molecule has 8 heteroatoms. The lowest BCUT2D eigenvalue weighted by Crippen LogP contribution is -2.31. The van der Waals surface area contributed by atoms with Gasteiger partial charge in [0, 0.05) is 24.3 Å². The summed E-state index contributed by atoms with van der Waals surface area (Å²) >= 11 is 3.47. The number of nitrogens with one attached hydrogen (secondary N) is 1. The van der Waals surface area contributed by atoms with Crippen LogP contribution >= 0.6 is 15.9 Å². The van der Waals surface area contributed by atoms with Crippen LogP contribution in [0.2, 0.25) is 0 Å². The summed E-state index contributed by atoms with van der Waals surface area (Å²) in [5.74, 6) is 0.984. The lowest BCUT2D eigenvalue weighted by molar-refractivity contribution is 0.102. The van der Waals surface area contributed by atoms with Crippen LogP contribution < -0.4 is 10.1 Å². The molecule has 0 saturated carbocycles. The van der Waals surface area contributed by atoms with Crippen molar-refractivity contribution in [3.8, 4) is 5.75 Å². The minimum atomic E-state index is -3.51. The van der Waals surface area contributed by atoms with Crippen molar-refractivity contribution in [1.82, 2.24) is 4.31 Å². The van der Waals surface area contributed by atoms with Gasteiger partial charge in [-0.2, -0.15) is 4.31 Å². The number of anilines is 1. The Hall–Kier alpha value is -1.90. The Morgan fingerprint density at radius 3 is 2.31 bits per heavy atom. The number of hydrogen-bond donors (Lipinski definition) is 1. The summed E-state index contributed by atoms with van der Waals surface area (Å²) in [6.45, 7) is 6.03. The van der Waals surface area contributed by atoms with Gasteiger partial charge in [0.15, 0.2) is 0 Å². The van der Waals surface area contributed by atoms with E-state index in [2.05, 4.69) is 35.1 Å². The summed E-state index contributed by atoms with van der Waals surface area (Å²) in [6.07, 6.45) is 4.88. The fraction of sp³-hybridized carbons (Fsp3) is 0.458. The van der Waals surface area contributed by atoms with E-state index in [4.69, 9.17) is 4.74 Å². The fourth-order valence-corrected chi connectivity index (χ4v) is 5.52. The summed E-state index contributed by atoms with van der Waals surface area (Å²) < 4.78 is 33.8. The average Bonchev–Trinajstić information content (AvgIpc) is 3.05. The Labute approximate surface area is 199 Å². The van der Waals surface area contributed by atoms with E-state index < -0.39 is 10.0 Å². The predicted molar refractivity (Wildman–Crippen MR) is 131 cm³/mol. The predicted octanol–water partition coefficient (Wildman–Crippen LogP) is 5.69. The lowest BCUT2D eigenvalue weighted by Gasteiger charge is -2.20. The first-order chi connectivity index (χ1) is 15.3. The third-order valence-corrected chi connectivity index (χ3v) is 7.99. The van der Waals surface area contributed by atoms with Gasteiger partial charge in [-0.1, -0.05) is 26.7 Å². The zero-order chi connectivity index (χ0) is 23.1. The number of halogens is 1. The summed E-state index contributed by atoms with van der Waals surface area (Å²) in [4.78, 5) is 12.9. The van der Waals surface area contributed by atoms with Crippen molar-refractivity contribution in [1.29, 1.82) is 0 Å². The molecule has 2 aromatic carbocycles. The Morgan fingerprint density at radius 2 is 1.72 bits per heavy atom. The van der Waals surface area contributed by atoms with Crippen LogP contribution in [0.5, 0.6) is 5.75 Å². The van der Waals surface area contributed by atoms with Crippen molar-refractivity contribution < 1.29 is 17.9 Å². The Balaban J connectivity index is 1.63. The van der Waals surface area contributed by atoms with Gasteiger partial charge in [-0.05, 0) is 83.6 Å². The summed E-state index contributed by atoms with van der Waals surface area (Å²) in [5, 5.41) is 2.82. The SMILES string of the molecule is CC(C)CCOc1ccc(C(=O)Nc2ccc(S(=O)(=O)N3CCCCCC3)cc2)cc1Br. The number of carbonyl (C=O) groups excluding carboxylic acids is 1. The number of amides is 1. The third kappa shape index (κ3) is 6.56. The van der Waals surface area contributed by atoms with E-state index in [1.165, 1.54) is 0 Å². The highest BCUT2D eigenvalue weighted by atomic mass is 79.9. The van der Waals surface area contributed by atoms with Crippen molar-refractivity contribution in [3.63, 3.8) is 0 Å². The molecule has 174 valence electrons. The molecule has 32 heavy (non-hydrogen) atoms. The molecule has 0 aliphatic carbocycles. The van der Waals surface area contributed by atoms with Gasteiger partial charge >= 0.3 is 0 Å². The Kier molecular flexibility index (Phi) is 8.73. The molecule has 1 saturated heterocycles. The van der Waals surface area contributed by atoms with Crippen LogP contribution in [-0.4, -0.2) is 38.3 Å². The maximum Gasteiger partial charge on any atom is 0.255 e. The minimum absolute atomic E-state index is 0.253. The molecular formula is C24H31BrN2O4S. The molecule has 6 nitrogen and oxygen atoms in total. The van der Waals surface area contributed by atoms with Gasteiger partial charge in [0.1, 0.15) is 5.75 Å². The minimum Gasteiger partial charge on any atom is -0.492 e. The van der Waals surface area contributed by atoms with E-state index in [0.717, 1.165) is 32.1 Å². The van der Waals surface area contributed by atoms with E-state index in [9.17, 15) is 13.2 Å². The molecule has 3 rings (SSSR count).